The number of rotatable bonds is 4. The highest BCUT2D eigenvalue weighted by atomic mass is 16.1. The lowest BCUT2D eigenvalue weighted by molar-refractivity contribution is -0.126. The van der Waals surface area contributed by atoms with E-state index in [4.69, 9.17) is 0 Å². The molecule has 1 aromatic heterocycles. The molecule has 3 atom stereocenters. The highest BCUT2D eigenvalue weighted by molar-refractivity contribution is 5.79. The Morgan fingerprint density at radius 3 is 2.92 bits per heavy atom. The molecule has 136 valence electrons. The van der Waals surface area contributed by atoms with Crippen LogP contribution in [0.3, 0.4) is 0 Å². The van der Waals surface area contributed by atoms with Gasteiger partial charge in [0.25, 0.3) is 0 Å². The molecule has 2 aliphatic heterocycles. The number of piperidine rings is 1. The smallest absolute Gasteiger partial charge is 0.223 e. The summed E-state index contributed by atoms with van der Waals surface area (Å²) in [7, 11) is 0. The Morgan fingerprint density at radius 2 is 2.04 bits per heavy atom. The van der Waals surface area contributed by atoms with Crippen LogP contribution < -0.4 is 26.6 Å². The van der Waals surface area contributed by atoms with E-state index in [2.05, 4.69) is 37.7 Å². The second kappa shape index (κ2) is 7.68. The number of hydrogen-bond donors (Lipinski definition) is 4. The van der Waals surface area contributed by atoms with E-state index in [0.29, 0.717) is 18.6 Å². The summed E-state index contributed by atoms with van der Waals surface area (Å²) in [5.41, 5.74) is 10.5. The SMILES string of the molecule is O=C(NCc1cccnc1N1CCCCC1)C1CCC2NNNC2C1. The Labute approximate surface area is 148 Å². The highest BCUT2D eigenvalue weighted by Gasteiger charge is 2.36. The molecular formula is C18H28N6O. The molecule has 1 aromatic rings. The number of hydrogen-bond acceptors (Lipinski definition) is 6. The van der Waals surface area contributed by atoms with Crippen molar-refractivity contribution in [3.8, 4) is 0 Å². The standard InChI is InChI=1S/C18H28N6O/c25-18(13-6-7-15-16(11-13)22-23-21-15)20-12-14-5-4-8-19-17(14)24-9-2-1-3-10-24/h4-5,8,13,15-16,21-23H,1-3,6-7,9-12H2,(H,20,25). The highest BCUT2D eigenvalue weighted by Crippen LogP contribution is 2.26. The van der Waals surface area contributed by atoms with Gasteiger partial charge in [-0.15, -0.1) is 0 Å². The fourth-order valence-electron chi connectivity index (χ4n) is 4.25. The van der Waals surface area contributed by atoms with Crippen molar-refractivity contribution in [3.05, 3.63) is 23.9 Å². The average Bonchev–Trinajstić information content (AvgIpc) is 3.15. The number of nitrogens with zero attached hydrogens (tertiary/aromatic N) is 2. The summed E-state index contributed by atoms with van der Waals surface area (Å²) in [5, 5.41) is 3.15. The molecule has 2 saturated heterocycles. The Bertz CT molecular complexity index is 603. The maximum atomic E-state index is 12.6. The van der Waals surface area contributed by atoms with Crippen LogP contribution in [-0.2, 0) is 11.3 Å². The molecule has 3 fully saturated rings. The fraction of sp³-hybridized carbons (Fsp3) is 0.667. The zero-order chi connectivity index (χ0) is 17.1. The number of carbonyl (C=O) groups excluding carboxylic acids is 1. The Kier molecular flexibility index (Phi) is 5.14. The van der Waals surface area contributed by atoms with Crippen molar-refractivity contribution in [2.75, 3.05) is 18.0 Å². The summed E-state index contributed by atoms with van der Waals surface area (Å²) in [6, 6.07) is 4.82. The summed E-state index contributed by atoms with van der Waals surface area (Å²) >= 11 is 0. The number of carbonyl (C=O) groups is 1. The van der Waals surface area contributed by atoms with Gasteiger partial charge < -0.3 is 10.2 Å². The number of nitrogens with one attached hydrogen (secondary N) is 4. The summed E-state index contributed by atoms with van der Waals surface area (Å²) in [6.45, 7) is 2.69. The molecule has 3 unspecified atom stereocenters. The van der Waals surface area contributed by atoms with Crippen LogP contribution >= 0.6 is 0 Å². The fourth-order valence-corrected chi connectivity index (χ4v) is 4.25. The van der Waals surface area contributed by atoms with Gasteiger partial charge in [0.1, 0.15) is 5.82 Å². The molecule has 0 spiro atoms. The van der Waals surface area contributed by atoms with E-state index in [9.17, 15) is 4.79 Å². The van der Waals surface area contributed by atoms with Crippen molar-refractivity contribution in [2.24, 2.45) is 5.92 Å². The second-order valence-corrected chi connectivity index (χ2v) is 7.39. The van der Waals surface area contributed by atoms with Crippen LogP contribution in [0.4, 0.5) is 5.82 Å². The molecule has 3 heterocycles. The van der Waals surface area contributed by atoms with E-state index < -0.39 is 0 Å². The van der Waals surface area contributed by atoms with Gasteiger partial charge in [0.05, 0.1) is 0 Å². The van der Waals surface area contributed by atoms with E-state index in [1.54, 1.807) is 0 Å². The number of hydrazine groups is 2. The van der Waals surface area contributed by atoms with Crippen LogP contribution in [0.5, 0.6) is 0 Å². The zero-order valence-electron chi connectivity index (χ0n) is 14.6. The van der Waals surface area contributed by atoms with Crippen molar-refractivity contribution >= 4 is 11.7 Å². The summed E-state index contributed by atoms with van der Waals surface area (Å²) in [4.78, 5) is 19.6. The third kappa shape index (κ3) is 3.78. The molecule has 0 bridgehead atoms. The van der Waals surface area contributed by atoms with E-state index in [1.807, 2.05) is 12.3 Å². The maximum Gasteiger partial charge on any atom is 0.223 e. The van der Waals surface area contributed by atoms with E-state index >= 15 is 0 Å². The normalized spacial score (nSPS) is 29.3. The first kappa shape index (κ1) is 16.8. The first-order valence-electron chi connectivity index (χ1n) is 9.54. The lowest BCUT2D eigenvalue weighted by atomic mass is 9.82. The van der Waals surface area contributed by atoms with Crippen molar-refractivity contribution < 1.29 is 4.79 Å². The number of anilines is 1. The summed E-state index contributed by atoms with van der Waals surface area (Å²) in [6.07, 6.45) is 8.44. The van der Waals surface area contributed by atoms with Crippen LogP contribution in [0.15, 0.2) is 18.3 Å². The van der Waals surface area contributed by atoms with Crippen LogP contribution in [0.1, 0.15) is 44.1 Å². The lowest BCUT2D eigenvalue weighted by Gasteiger charge is -2.30. The minimum atomic E-state index is 0.0885. The van der Waals surface area contributed by atoms with Crippen molar-refractivity contribution in [3.63, 3.8) is 0 Å². The van der Waals surface area contributed by atoms with Gasteiger partial charge in [0, 0.05) is 49.4 Å². The molecule has 0 aromatic carbocycles. The summed E-state index contributed by atoms with van der Waals surface area (Å²) in [5.74, 6) is 1.29. The Hall–Kier alpha value is -1.70. The van der Waals surface area contributed by atoms with Gasteiger partial charge in [-0.25, -0.2) is 15.8 Å². The maximum absolute atomic E-state index is 12.6. The zero-order valence-corrected chi connectivity index (χ0v) is 14.6. The molecule has 7 heteroatoms. The third-order valence-corrected chi connectivity index (χ3v) is 5.71. The Balaban J connectivity index is 1.35. The monoisotopic (exact) mass is 344 g/mol. The van der Waals surface area contributed by atoms with Crippen LogP contribution in [-0.4, -0.2) is 36.1 Å². The second-order valence-electron chi connectivity index (χ2n) is 7.39. The quantitative estimate of drug-likeness (QED) is 0.648. The Morgan fingerprint density at radius 1 is 1.20 bits per heavy atom. The molecule has 4 N–H and O–H groups in total. The minimum Gasteiger partial charge on any atom is -0.356 e. The molecule has 3 aliphatic rings. The molecule has 1 aliphatic carbocycles. The molecule has 1 amide bonds. The van der Waals surface area contributed by atoms with E-state index in [0.717, 1.165) is 43.7 Å². The molecular weight excluding hydrogens is 316 g/mol. The van der Waals surface area contributed by atoms with E-state index in [1.165, 1.54) is 19.3 Å². The molecule has 1 saturated carbocycles. The average molecular weight is 344 g/mol. The first-order valence-corrected chi connectivity index (χ1v) is 9.54. The topological polar surface area (TPSA) is 81.3 Å². The predicted molar refractivity (Wildman–Crippen MR) is 96.5 cm³/mol. The minimum absolute atomic E-state index is 0.0885. The van der Waals surface area contributed by atoms with Crippen LogP contribution in [0.2, 0.25) is 0 Å². The van der Waals surface area contributed by atoms with E-state index in [-0.39, 0.29) is 11.8 Å². The first-order chi connectivity index (χ1) is 12.3. The number of amides is 1. The summed E-state index contributed by atoms with van der Waals surface area (Å²) < 4.78 is 0. The van der Waals surface area contributed by atoms with Crippen molar-refractivity contribution in [1.29, 1.82) is 0 Å². The lowest BCUT2D eigenvalue weighted by Crippen LogP contribution is -2.44. The predicted octanol–water partition coefficient (Wildman–Crippen LogP) is 0.838. The molecule has 4 rings (SSSR count). The van der Waals surface area contributed by atoms with Gasteiger partial charge >= 0.3 is 0 Å². The van der Waals surface area contributed by atoms with Crippen molar-refractivity contribution in [2.45, 2.75) is 57.2 Å². The van der Waals surface area contributed by atoms with Gasteiger partial charge in [0.15, 0.2) is 0 Å². The number of aromatic nitrogens is 1. The molecule has 0 radical (unpaired) electrons. The van der Waals surface area contributed by atoms with Gasteiger partial charge in [-0.1, -0.05) is 6.07 Å². The van der Waals surface area contributed by atoms with Crippen molar-refractivity contribution in [1.82, 2.24) is 26.7 Å². The number of fused-ring (bicyclic) bond motifs is 1. The van der Waals surface area contributed by atoms with Crippen LogP contribution in [0, 0.1) is 5.92 Å². The molecule has 7 nitrogen and oxygen atoms in total. The van der Waals surface area contributed by atoms with Gasteiger partial charge in [-0.3, -0.25) is 4.79 Å². The van der Waals surface area contributed by atoms with Crippen LogP contribution in [0.25, 0.3) is 0 Å². The largest absolute Gasteiger partial charge is 0.356 e. The van der Waals surface area contributed by atoms with Gasteiger partial charge in [-0.2, -0.15) is 5.53 Å². The van der Waals surface area contributed by atoms with Gasteiger partial charge in [0.2, 0.25) is 5.91 Å². The molecule has 25 heavy (non-hydrogen) atoms. The van der Waals surface area contributed by atoms with Gasteiger partial charge in [-0.05, 0) is 44.6 Å². The third-order valence-electron chi connectivity index (χ3n) is 5.71. The number of pyridine rings is 1.